The summed E-state index contributed by atoms with van der Waals surface area (Å²) in [7, 11) is 0. The number of carbonyl (C=O) groups is 2. The molecule has 112 valence electrons. The highest BCUT2D eigenvalue weighted by atomic mass is 35.5. The Labute approximate surface area is 125 Å². The van der Waals surface area contributed by atoms with Crippen molar-refractivity contribution in [2.24, 2.45) is 5.73 Å². The Balaban J connectivity index is 0.00000361. The molecule has 1 aromatic rings. The topological polar surface area (TPSA) is 84.2 Å². The maximum Gasteiger partial charge on any atom is 0.242 e. The fourth-order valence-corrected chi connectivity index (χ4v) is 1.60. The second-order valence-corrected chi connectivity index (χ2v) is 4.67. The maximum absolute atomic E-state index is 11.8. The molecule has 5 nitrogen and oxygen atoms in total. The van der Waals surface area contributed by atoms with Gasteiger partial charge in [0.2, 0.25) is 11.8 Å². The number of amides is 2. The predicted octanol–water partition coefficient (Wildman–Crippen LogP) is 0.967. The molecule has 0 aliphatic rings. The van der Waals surface area contributed by atoms with Gasteiger partial charge in [-0.25, -0.2) is 0 Å². The molecule has 0 fully saturated rings. The average molecular weight is 300 g/mol. The Morgan fingerprint density at radius 3 is 2.35 bits per heavy atom. The van der Waals surface area contributed by atoms with Crippen LogP contribution in [0.1, 0.15) is 25.8 Å². The minimum Gasteiger partial charge on any atom is -0.350 e. The average Bonchev–Trinajstić information content (AvgIpc) is 2.36. The predicted molar refractivity (Wildman–Crippen MR) is 81.4 cm³/mol. The van der Waals surface area contributed by atoms with Crippen LogP contribution in [-0.4, -0.2) is 23.9 Å². The molecule has 0 aromatic heterocycles. The van der Waals surface area contributed by atoms with Crippen molar-refractivity contribution in [3.05, 3.63) is 35.9 Å². The van der Waals surface area contributed by atoms with Crippen LogP contribution in [-0.2, 0) is 16.1 Å². The van der Waals surface area contributed by atoms with Crippen molar-refractivity contribution in [3.8, 4) is 0 Å². The summed E-state index contributed by atoms with van der Waals surface area (Å²) in [5.41, 5.74) is 6.54. The van der Waals surface area contributed by atoms with Crippen molar-refractivity contribution >= 4 is 24.2 Å². The highest BCUT2D eigenvalue weighted by Gasteiger charge is 2.15. The van der Waals surface area contributed by atoms with Gasteiger partial charge in [0.1, 0.15) is 6.04 Å². The van der Waals surface area contributed by atoms with Gasteiger partial charge in [-0.05, 0) is 19.4 Å². The number of nitrogens with two attached hydrogens (primary N) is 1. The van der Waals surface area contributed by atoms with E-state index in [4.69, 9.17) is 5.73 Å². The van der Waals surface area contributed by atoms with E-state index in [1.165, 1.54) is 0 Å². The van der Waals surface area contributed by atoms with E-state index in [0.29, 0.717) is 6.54 Å². The van der Waals surface area contributed by atoms with E-state index < -0.39 is 6.04 Å². The van der Waals surface area contributed by atoms with Crippen molar-refractivity contribution in [2.75, 3.05) is 0 Å². The van der Waals surface area contributed by atoms with Crippen molar-refractivity contribution in [1.82, 2.24) is 10.6 Å². The Hall–Kier alpha value is -1.59. The van der Waals surface area contributed by atoms with Crippen LogP contribution >= 0.6 is 12.4 Å². The molecule has 1 aromatic carbocycles. The van der Waals surface area contributed by atoms with Crippen molar-refractivity contribution in [1.29, 1.82) is 0 Å². The fraction of sp³-hybridized carbons (Fsp3) is 0.429. The molecule has 0 bridgehead atoms. The molecule has 0 aliphatic carbocycles. The summed E-state index contributed by atoms with van der Waals surface area (Å²) in [6.45, 7) is 3.85. The molecule has 6 heteroatoms. The zero-order chi connectivity index (χ0) is 14.3. The number of hydrogen-bond donors (Lipinski definition) is 3. The number of carbonyl (C=O) groups excluding carboxylic acids is 2. The Bertz CT molecular complexity index is 424. The van der Waals surface area contributed by atoms with Gasteiger partial charge >= 0.3 is 0 Å². The number of nitrogens with one attached hydrogen (secondary N) is 2. The van der Waals surface area contributed by atoms with E-state index in [9.17, 15) is 9.59 Å². The first-order valence-electron chi connectivity index (χ1n) is 6.35. The lowest BCUT2D eigenvalue weighted by molar-refractivity contribution is -0.128. The van der Waals surface area contributed by atoms with Crippen LogP contribution in [0.15, 0.2) is 30.3 Å². The third-order valence-electron chi connectivity index (χ3n) is 2.59. The normalized spacial score (nSPS) is 12.8. The molecule has 2 atom stereocenters. The standard InChI is InChI=1S/C14H21N3O2.ClH/c1-10(15)8-13(18)17-11(2)14(19)16-9-12-6-4-3-5-7-12;/h3-7,10-11H,8-9,15H2,1-2H3,(H,16,19)(H,17,18);1H. The first-order valence-corrected chi connectivity index (χ1v) is 6.35. The lowest BCUT2D eigenvalue weighted by Crippen LogP contribution is -2.45. The van der Waals surface area contributed by atoms with Crippen molar-refractivity contribution < 1.29 is 9.59 Å². The monoisotopic (exact) mass is 299 g/mol. The Kier molecular flexibility index (Phi) is 8.59. The van der Waals surface area contributed by atoms with Gasteiger partial charge in [-0.2, -0.15) is 0 Å². The molecular weight excluding hydrogens is 278 g/mol. The van der Waals surface area contributed by atoms with Gasteiger partial charge in [-0.15, -0.1) is 12.4 Å². The molecule has 2 amide bonds. The second-order valence-electron chi connectivity index (χ2n) is 4.67. The van der Waals surface area contributed by atoms with E-state index in [1.807, 2.05) is 30.3 Å². The van der Waals surface area contributed by atoms with Crippen LogP contribution < -0.4 is 16.4 Å². The second kappa shape index (κ2) is 9.34. The molecule has 0 saturated carbocycles. The quantitative estimate of drug-likeness (QED) is 0.732. The largest absolute Gasteiger partial charge is 0.350 e. The summed E-state index contributed by atoms with van der Waals surface area (Å²) in [5.74, 6) is -0.417. The molecule has 0 heterocycles. The minimum absolute atomic E-state index is 0. The summed E-state index contributed by atoms with van der Waals surface area (Å²) < 4.78 is 0. The zero-order valence-corrected chi connectivity index (χ0v) is 12.6. The number of rotatable bonds is 6. The summed E-state index contributed by atoms with van der Waals surface area (Å²) in [5, 5.41) is 5.39. The Morgan fingerprint density at radius 1 is 1.20 bits per heavy atom. The molecule has 0 spiro atoms. The first-order chi connectivity index (χ1) is 8.99. The maximum atomic E-state index is 11.8. The molecule has 20 heavy (non-hydrogen) atoms. The van der Waals surface area contributed by atoms with Crippen LogP contribution in [0, 0.1) is 0 Å². The van der Waals surface area contributed by atoms with E-state index in [-0.39, 0.29) is 36.7 Å². The molecule has 2 unspecified atom stereocenters. The minimum atomic E-state index is -0.560. The van der Waals surface area contributed by atoms with Crippen LogP contribution in [0.3, 0.4) is 0 Å². The fourth-order valence-electron chi connectivity index (χ4n) is 1.60. The van der Waals surface area contributed by atoms with E-state index in [2.05, 4.69) is 10.6 Å². The van der Waals surface area contributed by atoms with Gasteiger partial charge in [-0.3, -0.25) is 9.59 Å². The van der Waals surface area contributed by atoms with Crippen LogP contribution in [0.25, 0.3) is 0 Å². The highest BCUT2D eigenvalue weighted by Crippen LogP contribution is 1.97. The van der Waals surface area contributed by atoms with Crippen molar-refractivity contribution in [3.63, 3.8) is 0 Å². The summed E-state index contributed by atoms with van der Waals surface area (Å²) in [4.78, 5) is 23.3. The van der Waals surface area contributed by atoms with E-state index >= 15 is 0 Å². The van der Waals surface area contributed by atoms with Gasteiger partial charge in [0.25, 0.3) is 0 Å². The number of halogens is 1. The van der Waals surface area contributed by atoms with E-state index in [1.54, 1.807) is 13.8 Å². The summed E-state index contributed by atoms with van der Waals surface area (Å²) in [6.07, 6.45) is 0.219. The Morgan fingerprint density at radius 2 is 1.80 bits per heavy atom. The summed E-state index contributed by atoms with van der Waals surface area (Å²) in [6, 6.07) is 8.83. The highest BCUT2D eigenvalue weighted by molar-refractivity contribution is 5.87. The lowest BCUT2D eigenvalue weighted by atomic mass is 10.2. The molecule has 4 N–H and O–H groups in total. The molecular formula is C14H22ClN3O2. The smallest absolute Gasteiger partial charge is 0.242 e. The number of hydrogen-bond acceptors (Lipinski definition) is 3. The van der Waals surface area contributed by atoms with Crippen LogP contribution in [0.4, 0.5) is 0 Å². The number of benzene rings is 1. The van der Waals surface area contributed by atoms with E-state index in [0.717, 1.165) is 5.56 Å². The third kappa shape index (κ3) is 7.11. The van der Waals surface area contributed by atoms with Crippen LogP contribution in [0.2, 0.25) is 0 Å². The summed E-state index contributed by atoms with van der Waals surface area (Å²) >= 11 is 0. The zero-order valence-electron chi connectivity index (χ0n) is 11.8. The SMILES string of the molecule is CC(N)CC(=O)NC(C)C(=O)NCc1ccccc1.Cl. The first kappa shape index (κ1) is 18.4. The van der Waals surface area contributed by atoms with Gasteiger partial charge in [0.15, 0.2) is 0 Å². The van der Waals surface area contributed by atoms with Gasteiger partial charge in [0.05, 0.1) is 0 Å². The van der Waals surface area contributed by atoms with Gasteiger partial charge < -0.3 is 16.4 Å². The molecule has 0 radical (unpaired) electrons. The van der Waals surface area contributed by atoms with Crippen molar-refractivity contribution in [2.45, 2.75) is 38.9 Å². The molecule has 1 rings (SSSR count). The lowest BCUT2D eigenvalue weighted by Gasteiger charge is -2.15. The third-order valence-corrected chi connectivity index (χ3v) is 2.59. The molecule has 0 saturated heterocycles. The van der Waals surface area contributed by atoms with Gasteiger partial charge in [0, 0.05) is 19.0 Å². The van der Waals surface area contributed by atoms with Crippen LogP contribution in [0.5, 0.6) is 0 Å². The molecule has 0 aliphatic heterocycles. The van der Waals surface area contributed by atoms with Gasteiger partial charge in [-0.1, -0.05) is 30.3 Å².